The average molecular weight is 324 g/mol. The molecule has 1 heterocycles. The van der Waals surface area contributed by atoms with Crippen molar-refractivity contribution in [3.8, 4) is 0 Å². The number of amides is 1. The van der Waals surface area contributed by atoms with Crippen LogP contribution in [0, 0.1) is 27.7 Å². The molecule has 0 N–H and O–H groups in total. The number of aromatic nitrogens is 1. The SMILES string of the molecule is Cc1ccc(C(=O)N=c2sc3c(C)ccc(C)c3n2C)c(C)c1. The van der Waals surface area contributed by atoms with Crippen LogP contribution in [0.25, 0.3) is 10.2 Å². The van der Waals surface area contributed by atoms with Crippen molar-refractivity contribution >= 4 is 27.5 Å². The van der Waals surface area contributed by atoms with Gasteiger partial charge in [-0.05, 0) is 50.5 Å². The van der Waals surface area contributed by atoms with Crippen LogP contribution in [-0.4, -0.2) is 10.5 Å². The van der Waals surface area contributed by atoms with Gasteiger partial charge in [0.25, 0.3) is 5.91 Å². The summed E-state index contributed by atoms with van der Waals surface area (Å²) in [6, 6.07) is 10.1. The van der Waals surface area contributed by atoms with Crippen molar-refractivity contribution in [2.24, 2.45) is 12.0 Å². The molecule has 23 heavy (non-hydrogen) atoms. The van der Waals surface area contributed by atoms with E-state index in [-0.39, 0.29) is 5.91 Å². The summed E-state index contributed by atoms with van der Waals surface area (Å²) in [6.07, 6.45) is 0. The highest BCUT2D eigenvalue weighted by molar-refractivity contribution is 7.16. The van der Waals surface area contributed by atoms with Gasteiger partial charge in [0.05, 0.1) is 10.2 Å². The molecule has 0 atom stereocenters. The quantitative estimate of drug-likeness (QED) is 0.660. The third-order valence-electron chi connectivity index (χ3n) is 4.16. The Morgan fingerprint density at radius 3 is 2.35 bits per heavy atom. The summed E-state index contributed by atoms with van der Waals surface area (Å²) >= 11 is 1.57. The number of benzene rings is 2. The first-order valence-electron chi connectivity index (χ1n) is 7.60. The van der Waals surface area contributed by atoms with Gasteiger partial charge >= 0.3 is 0 Å². The van der Waals surface area contributed by atoms with Crippen molar-refractivity contribution in [1.29, 1.82) is 0 Å². The Kier molecular flexibility index (Phi) is 3.94. The standard InChI is InChI=1S/C19H20N2OS/c1-11-6-9-15(14(4)10-11)18(22)20-19-21(5)16-12(2)7-8-13(3)17(16)23-19/h6-10H,1-5H3. The number of carbonyl (C=O) groups excluding carboxylic acids is 1. The Morgan fingerprint density at radius 1 is 1.00 bits per heavy atom. The van der Waals surface area contributed by atoms with E-state index in [0.717, 1.165) is 21.4 Å². The van der Waals surface area contributed by atoms with Gasteiger partial charge in [0.1, 0.15) is 0 Å². The summed E-state index contributed by atoms with van der Waals surface area (Å²) in [5.74, 6) is -0.181. The van der Waals surface area contributed by atoms with E-state index < -0.39 is 0 Å². The summed E-state index contributed by atoms with van der Waals surface area (Å²) in [7, 11) is 1.97. The lowest BCUT2D eigenvalue weighted by molar-refractivity contribution is 0.0997. The van der Waals surface area contributed by atoms with Crippen molar-refractivity contribution < 1.29 is 4.79 Å². The van der Waals surface area contributed by atoms with Crippen LogP contribution < -0.4 is 4.80 Å². The minimum Gasteiger partial charge on any atom is -0.319 e. The second-order valence-electron chi connectivity index (χ2n) is 6.06. The highest BCUT2D eigenvalue weighted by Crippen LogP contribution is 2.24. The van der Waals surface area contributed by atoms with E-state index in [1.807, 2.05) is 43.7 Å². The smallest absolute Gasteiger partial charge is 0.279 e. The fraction of sp³-hybridized carbons (Fsp3) is 0.263. The molecule has 2 aromatic carbocycles. The van der Waals surface area contributed by atoms with Crippen LogP contribution in [0.2, 0.25) is 0 Å². The van der Waals surface area contributed by atoms with Crippen LogP contribution in [0.1, 0.15) is 32.6 Å². The van der Waals surface area contributed by atoms with E-state index in [1.54, 1.807) is 11.3 Å². The molecule has 1 amide bonds. The zero-order chi connectivity index (χ0) is 16.7. The van der Waals surface area contributed by atoms with E-state index in [0.29, 0.717) is 5.56 Å². The molecule has 0 spiro atoms. The van der Waals surface area contributed by atoms with Crippen molar-refractivity contribution in [3.05, 3.63) is 63.0 Å². The molecule has 4 heteroatoms. The molecule has 3 nitrogen and oxygen atoms in total. The second-order valence-corrected chi connectivity index (χ2v) is 7.03. The maximum Gasteiger partial charge on any atom is 0.279 e. The molecule has 0 saturated carbocycles. The molecule has 118 valence electrons. The molecule has 3 aromatic rings. The number of hydrogen-bond donors (Lipinski definition) is 0. The molecule has 0 aliphatic carbocycles. The number of aryl methyl sites for hydroxylation is 5. The van der Waals surface area contributed by atoms with Gasteiger partial charge in [0.2, 0.25) is 0 Å². The van der Waals surface area contributed by atoms with Crippen LogP contribution in [0.4, 0.5) is 0 Å². The van der Waals surface area contributed by atoms with Crippen molar-refractivity contribution in [3.63, 3.8) is 0 Å². The zero-order valence-corrected chi connectivity index (χ0v) is 14.9. The molecule has 0 bridgehead atoms. The lowest BCUT2D eigenvalue weighted by Gasteiger charge is -2.03. The summed E-state index contributed by atoms with van der Waals surface area (Å²) in [4.78, 5) is 17.7. The Hall–Kier alpha value is -2.20. The number of carbonyl (C=O) groups is 1. The van der Waals surface area contributed by atoms with Gasteiger partial charge in [-0.2, -0.15) is 4.99 Å². The predicted octanol–water partition coefficient (Wildman–Crippen LogP) is 4.21. The maximum absolute atomic E-state index is 12.6. The molecule has 1 aromatic heterocycles. The number of nitrogens with zero attached hydrogens (tertiary/aromatic N) is 2. The summed E-state index contributed by atoms with van der Waals surface area (Å²) in [6.45, 7) is 8.16. The fourth-order valence-corrected chi connectivity index (χ4v) is 4.03. The number of rotatable bonds is 1. The molecule has 0 aliphatic rings. The molecule has 0 unspecified atom stereocenters. The van der Waals surface area contributed by atoms with Crippen molar-refractivity contribution in [2.75, 3.05) is 0 Å². The third kappa shape index (κ3) is 2.75. The highest BCUT2D eigenvalue weighted by Gasteiger charge is 2.11. The monoisotopic (exact) mass is 324 g/mol. The predicted molar refractivity (Wildman–Crippen MR) is 96.1 cm³/mol. The Labute approximate surface area is 139 Å². The molecule has 3 rings (SSSR count). The first-order valence-corrected chi connectivity index (χ1v) is 8.42. The first-order chi connectivity index (χ1) is 10.9. The van der Waals surface area contributed by atoms with Gasteiger partial charge in [0, 0.05) is 12.6 Å². The van der Waals surface area contributed by atoms with E-state index in [2.05, 4.69) is 31.0 Å². The van der Waals surface area contributed by atoms with Crippen LogP contribution in [-0.2, 0) is 7.05 Å². The van der Waals surface area contributed by atoms with Gasteiger partial charge in [0.15, 0.2) is 4.80 Å². The zero-order valence-electron chi connectivity index (χ0n) is 14.1. The third-order valence-corrected chi connectivity index (χ3v) is 5.42. The van der Waals surface area contributed by atoms with Crippen LogP contribution in [0.5, 0.6) is 0 Å². The minimum absolute atomic E-state index is 0.181. The highest BCUT2D eigenvalue weighted by atomic mass is 32.1. The average Bonchev–Trinajstić information content (AvgIpc) is 2.81. The lowest BCUT2D eigenvalue weighted by Crippen LogP contribution is -2.14. The topological polar surface area (TPSA) is 34.4 Å². The van der Waals surface area contributed by atoms with Gasteiger partial charge in [-0.1, -0.05) is 41.2 Å². The Balaban J connectivity index is 2.18. The number of thiazole rings is 1. The van der Waals surface area contributed by atoms with Crippen LogP contribution >= 0.6 is 11.3 Å². The normalized spacial score (nSPS) is 12.1. The van der Waals surface area contributed by atoms with E-state index in [4.69, 9.17) is 0 Å². The number of hydrogen-bond acceptors (Lipinski definition) is 2. The van der Waals surface area contributed by atoms with E-state index in [9.17, 15) is 4.79 Å². The van der Waals surface area contributed by atoms with Crippen molar-refractivity contribution in [1.82, 2.24) is 4.57 Å². The van der Waals surface area contributed by atoms with Crippen LogP contribution in [0.15, 0.2) is 35.3 Å². The summed E-state index contributed by atoms with van der Waals surface area (Å²) in [5.41, 5.74) is 6.35. The maximum atomic E-state index is 12.6. The second kappa shape index (κ2) is 5.78. The Bertz CT molecular complexity index is 993. The molecule has 0 radical (unpaired) electrons. The minimum atomic E-state index is -0.181. The van der Waals surface area contributed by atoms with Gasteiger partial charge < -0.3 is 4.57 Å². The molecular weight excluding hydrogens is 304 g/mol. The Morgan fingerprint density at radius 2 is 1.70 bits per heavy atom. The lowest BCUT2D eigenvalue weighted by atomic mass is 10.1. The number of fused-ring (bicyclic) bond motifs is 1. The molecule has 0 fully saturated rings. The largest absolute Gasteiger partial charge is 0.319 e. The summed E-state index contributed by atoms with van der Waals surface area (Å²) in [5, 5.41) is 0. The fourth-order valence-electron chi connectivity index (χ4n) is 2.87. The van der Waals surface area contributed by atoms with Gasteiger partial charge in [-0.25, -0.2) is 0 Å². The molecule has 0 aliphatic heterocycles. The van der Waals surface area contributed by atoms with E-state index >= 15 is 0 Å². The van der Waals surface area contributed by atoms with Crippen molar-refractivity contribution in [2.45, 2.75) is 27.7 Å². The van der Waals surface area contributed by atoms with E-state index in [1.165, 1.54) is 15.8 Å². The first kappa shape index (κ1) is 15.7. The van der Waals surface area contributed by atoms with Gasteiger partial charge in [-0.15, -0.1) is 0 Å². The van der Waals surface area contributed by atoms with Gasteiger partial charge in [-0.3, -0.25) is 4.79 Å². The molecule has 0 saturated heterocycles. The summed E-state index contributed by atoms with van der Waals surface area (Å²) < 4.78 is 3.21. The van der Waals surface area contributed by atoms with Crippen LogP contribution in [0.3, 0.4) is 0 Å². The molecular formula is C19H20N2OS.